The zero-order chi connectivity index (χ0) is 11.5. The molecule has 0 radical (unpaired) electrons. The minimum Gasteiger partial charge on any atom is -0.288 e. The normalized spacial score (nSPS) is 15.4. The molecule has 1 amide bonds. The molecule has 1 aliphatic heterocycles. The highest BCUT2D eigenvalue weighted by Gasteiger charge is 2.16. The van der Waals surface area contributed by atoms with Crippen LogP contribution in [0.25, 0.3) is 6.08 Å². The summed E-state index contributed by atoms with van der Waals surface area (Å²) in [6.07, 6.45) is 8.30. The summed E-state index contributed by atoms with van der Waals surface area (Å²) in [5, 5.41) is 0. The zero-order valence-electron chi connectivity index (χ0n) is 9.60. The lowest BCUT2D eigenvalue weighted by Gasteiger charge is -2.15. The third-order valence-electron chi connectivity index (χ3n) is 2.70. The SMILES string of the molecule is C/C=C\c1cc(N2C=CCC2=O)ccc1C. The van der Waals surface area contributed by atoms with E-state index in [0.717, 1.165) is 11.3 Å². The third-order valence-corrected chi connectivity index (χ3v) is 2.70. The van der Waals surface area contributed by atoms with E-state index >= 15 is 0 Å². The second-order valence-corrected chi connectivity index (χ2v) is 3.89. The Morgan fingerprint density at radius 3 is 2.81 bits per heavy atom. The van der Waals surface area contributed by atoms with Gasteiger partial charge in [-0.3, -0.25) is 9.69 Å². The molecule has 1 aromatic carbocycles. The molecule has 0 saturated carbocycles. The maximum Gasteiger partial charge on any atom is 0.234 e. The van der Waals surface area contributed by atoms with Crippen LogP contribution >= 0.6 is 0 Å². The fourth-order valence-corrected chi connectivity index (χ4v) is 1.81. The molecule has 2 heteroatoms. The molecule has 2 rings (SSSR count). The van der Waals surface area contributed by atoms with E-state index in [2.05, 4.69) is 13.0 Å². The summed E-state index contributed by atoms with van der Waals surface area (Å²) in [4.78, 5) is 13.3. The standard InChI is InChI=1S/C14H15NO/c1-3-5-12-10-13(8-7-11(12)2)15-9-4-6-14(15)16/h3-5,7-10H,6H2,1-2H3/b5-3-. The van der Waals surface area contributed by atoms with Crippen molar-refractivity contribution in [2.75, 3.05) is 4.90 Å². The van der Waals surface area contributed by atoms with E-state index in [9.17, 15) is 4.79 Å². The van der Waals surface area contributed by atoms with Crippen LogP contribution in [-0.2, 0) is 4.79 Å². The largest absolute Gasteiger partial charge is 0.288 e. The summed E-state index contributed by atoms with van der Waals surface area (Å²) in [5.41, 5.74) is 3.32. The molecular weight excluding hydrogens is 198 g/mol. The Morgan fingerprint density at radius 1 is 1.38 bits per heavy atom. The number of aryl methyl sites for hydroxylation is 1. The van der Waals surface area contributed by atoms with Gasteiger partial charge in [0, 0.05) is 18.3 Å². The number of benzene rings is 1. The van der Waals surface area contributed by atoms with Crippen molar-refractivity contribution in [3.05, 3.63) is 47.7 Å². The van der Waals surface area contributed by atoms with E-state index in [1.807, 2.05) is 43.5 Å². The monoisotopic (exact) mass is 213 g/mol. The first-order chi connectivity index (χ1) is 7.72. The van der Waals surface area contributed by atoms with Gasteiger partial charge in [0.05, 0.1) is 0 Å². The summed E-state index contributed by atoms with van der Waals surface area (Å²) in [7, 11) is 0. The van der Waals surface area contributed by atoms with E-state index in [4.69, 9.17) is 0 Å². The van der Waals surface area contributed by atoms with Gasteiger partial charge in [-0.15, -0.1) is 0 Å². The van der Waals surface area contributed by atoms with Crippen molar-refractivity contribution in [1.29, 1.82) is 0 Å². The molecule has 1 heterocycles. The van der Waals surface area contributed by atoms with Gasteiger partial charge >= 0.3 is 0 Å². The van der Waals surface area contributed by atoms with Crippen LogP contribution in [0.5, 0.6) is 0 Å². The van der Waals surface area contributed by atoms with Crippen LogP contribution in [-0.4, -0.2) is 5.91 Å². The summed E-state index contributed by atoms with van der Waals surface area (Å²) >= 11 is 0. The molecule has 0 aliphatic carbocycles. The Morgan fingerprint density at radius 2 is 2.19 bits per heavy atom. The van der Waals surface area contributed by atoms with E-state index < -0.39 is 0 Å². The van der Waals surface area contributed by atoms with Crippen LogP contribution in [0.3, 0.4) is 0 Å². The number of amides is 1. The predicted molar refractivity (Wildman–Crippen MR) is 67.1 cm³/mol. The first kappa shape index (κ1) is 10.7. The fraction of sp³-hybridized carbons (Fsp3) is 0.214. The van der Waals surface area contributed by atoms with E-state index in [1.165, 1.54) is 5.56 Å². The fourth-order valence-electron chi connectivity index (χ4n) is 1.81. The van der Waals surface area contributed by atoms with E-state index in [0.29, 0.717) is 6.42 Å². The molecule has 2 nitrogen and oxygen atoms in total. The molecular formula is C14H15NO. The molecule has 1 aliphatic rings. The van der Waals surface area contributed by atoms with Gasteiger partial charge < -0.3 is 0 Å². The van der Waals surface area contributed by atoms with Crippen molar-refractivity contribution in [3.8, 4) is 0 Å². The van der Waals surface area contributed by atoms with Crippen molar-refractivity contribution >= 4 is 17.7 Å². The number of rotatable bonds is 2. The highest BCUT2D eigenvalue weighted by atomic mass is 16.2. The van der Waals surface area contributed by atoms with E-state index in [1.54, 1.807) is 4.90 Å². The molecule has 0 N–H and O–H groups in total. The first-order valence-corrected chi connectivity index (χ1v) is 5.44. The smallest absolute Gasteiger partial charge is 0.234 e. The second-order valence-electron chi connectivity index (χ2n) is 3.89. The van der Waals surface area contributed by atoms with Crippen molar-refractivity contribution in [1.82, 2.24) is 0 Å². The van der Waals surface area contributed by atoms with Gasteiger partial charge in [-0.05, 0) is 37.1 Å². The quantitative estimate of drug-likeness (QED) is 0.738. The van der Waals surface area contributed by atoms with Crippen LogP contribution in [0.4, 0.5) is 5.69 Å². The van der Waals surface area contributed by atoms with Crippen LogP contribution in [0.1, 0.15) is 24.5 Å². The summed E-state index contributed by atoms with van der Waals surface area (Å²) < 4.78 is 0. The Kier molecular flexibility index (Phi) is 2.91. The van der Waals surface area contributed by atoms with Crippen LogP contribution < -0.4 is 4.90 Å². The van der Waals surface area contributed by atoms with Gasteiger partial charge in [-0.1, -0.05) is 24.3 Å². The number of hydrogen-bond donors (Lipinski definition) is 0. The Hall–Kier alpha value is -1.83. The van der Waals surface area contributed by atoms with Crippen molar-refractivity contribution in [2.24, 2.45) is 0 Å². The topological polar surface area (TPSA) is 20.3 Å². The van der Waals surface area contributed by atoms with Crippen molar-refractivity contribution < 1.29 is 4.79 Å². The molecule has 0 bridgehead atoms. The molecule has 0 aromatic heterocycles. The van der Waals surface area contributed by atoms with Gasteiger partial charge in [0.2, 0.25) is 5.91 Å². The molecule has 0 spiro atoms. The maximum atomic E-state index is 11.6. The Labute approximate surface area is 95.9 Å². The maximum absolute atomic E-state index is 11.6. The predicted octanol–water partition coefficient (Wildman–Crippen LogP) is 3.28. The van der Waals surface area contributed by atoms with Crippen molar-refractivity contribution in [3.63, 3.8) is 0 Å². The lowest BCUT2D eigenvalue weighted by atomic mass is 10.1. The van der Waals surface area contributed by atoms with Crippen LogP contribution in [0.15, 0.2) is 36.6 Å². The highest BCUT2D eigenvalue weighted by molar-refractivity contribution is 5.98. The molecule has 16 heavy (non-hydrogen) atoms. The summed E-state index contributed by atoms with van der Waals surface area (Å²) in [6.45, 7) is 4.06. The number of allylic oxidation sites excluding steroid dienone is 1. The second kappa shape index (κ2) is 4.35. The lowest BCUT2D eigenvalue weighted by Crippen LogP contribution is -2.19. The van der Waals surface area contributed by atoms with Crippen LogP contribution in [0, 0.1) is 6.92 Å². The minimum atomic E-state index is 0.135. The zero-order valence-corrected chi connectivity index (χ0v) is 9.60. The number of hydrogen-bond acceptors (Lipinski definition) is 1. The molecule has 0 unspecified atom stereocenters. The van der Waals surface area contributed by atoms with Gasteiger partial charge in [0.1, 0.15) is 0 Å². The van der Waals surface area contributed by atoms with Crippen LogP contribution in [0.2, 0.25) is 0 Å². The molecule has 82 valence electrons. The number of carbonyl (C=O) groups excluding carboxylic acids is 1. The number of anilines is 1. The van der Waals surface area contributed by atoms with Gasteiger partial charge in [-0.25, -0.2) is 0 Å². The molecule has 0 fully saturated rings. The molecule has 0 saturated heterocycles. The molecule has 0 atom stereocenters. The lowest BCUT2D eigenvalue weighted by molar-refractivity contribution is -0.116. The average molecular weight is 213 g/mol. The number of carbonyl (C=O) groups is 1. The van der Waals surface area contributed by atoms with Gasteiger partial charge in [0.25, 0.3) is 0 Å². The highest BCUT2D eigenvalue weighted by Crippen LogP contribution is 2.23. The molecule has 1 aromatic rings. The van der Waals surface area contributed by atoms with Gasteiger partial charge in [-0.2, -0.15) is 0 Å². The first-order valence-electron chi connectivity index (χ1n) is 5.44. The Balaban J connectivity index is 2.39. The van der Waals surface area contributed by atoms with E-state index in [-0.39, 0.29) is 5.91 Å². The third kappa shape index (κ3) is 1.91. The minimum absolute atomic E-state index is 0.135. The number of nitrogens with zero attached hydrogens (tertiary/aromatic N) is 1. The van der Waals surface area contributed by atoms with Gasteiger partial charge in [0.15, 0.2) is 0 Å². The Bertz CT molecular complexity index is 472. The average Bonchev–Trinajstić information content (AvgIpc) is 2.68. The van der Waals surface area contributed by atoms with Crippen molar-refractivity contribution in [2.45, 2.75) is 20.3 Å². The summed E-state index contributed by atoms with van der Waals surface area (Å²) in [6, 6.07) is 6.07. The summed E-state index contributed by atoms with van der Waals surface area (Å²) in [5.74, 6) is 0.135.